The van der Waals surface area contributed by atoms with Crippen LogP contribution in [0, 0.1) is 18.8 Å². The van der Waals surface area contributed by atoms with Crippen molar-refractivity contribution in [1.82, 2.24) is 31.0 Å². The molecule has 4 aliphatic rings. The minimum absolute atomic E-state index is 0.147. The molecule has 34 heavy (non-hydrogen) atoms. The van der Waals surface area contributed by atoms with Crippen LogP contribution >= 0.6 is 0 Å². The van der Waals surface area contributed by atoms with Crippen molar-refractivity contribution in [3.05, 3.63) is 65.5 Å². The van der Waals surface area contributed by atoms with Gasteiger partial charge in [-0.3, -0.25) is 15.3 Å². The molecular formula is C27H36N6O. The van der Waals surface area contributed by atoms with Crippen LogP contribution in [0.1, 0.15) is 48.5 Å². The van der Waals surface area contributed by atoms with Crippen LogP contribution in [-0.4, -0.2) is 58.6 Å². The summed E-state index contributed by atoms with van der Waals surface area (Å²) < 4.78 is 0. The number of hydrogen-bond acceptors (Lipinski definition) is 5. The third kappa shape index (κ3) is 4.32. The van der Waals surface area contributed by atoms with Gasteiger partial charge in [0.15, 0.2) is 0 Å². The number of piperidine rings is 1. The topological polar surface area (TPSA) is 72.5 Å². The molecule has 1 aliphatic carbocycles. The molecule has 4 heterocycles. The average Bonchev–Trinajstić information content (AvgIpc) is 3.26. The van der Waals surface area contributed by atoms with E-state index in [-0.39, 0.29) is 12.1 Å². The number of aromatic nitrogens is 1. The Balaban J connectivity index is 1.09. The third-order valence-electron chi connectivity index (χ3n) is 8.55. The lowest BCUT2D eigenvalue weighted by Crippen LogP contribution is -2.63. The van der Waals surface area contributed by atoms with Crippen molar-refractivity contribution in [2.24, 2.45) is 11.8 Å². The van der Waals surface area contributed by atoms with Gasteiger partial charge in [0.1, 0.15) is 0 Å². The monoisotopic (exact) mass is 460 g/mol. The minimum Gasteiger partial charge on any atom is -0.335 e. The largest absolute Gasteiger partial charge is 0.335 e. The van der Waals surface area contributed by atoms with E-state index >= 15 is 0 Å². The molecule has 5 unspecified atom stereocenters. The van der Waals surface area contributed by atoms with Crippen LogP contribution in [0.15, 0.2) is 48.7 Å². The summed E-state index contributed by atoms with van der Waals surface area (Å²) in [6.45, 7) is 6.06. The highest BCUT2D eigenvalue weighted by molar-refractivity contribution is 5.76. The van der Waals surface area contributed by atoms with Crippen molar-refractivity contribution in [1.29, 1.82) is 0 Å². The van der Waals surface area contributed by atoms with Crippen molar-refractivity contribution in [3.8, 4) is 0 Å². The fraction of sp³-hybridized carbons (Fsp3) is 0.556. The molecule has 7 nitrogen and oxygen atoms in total. The van der Waals surface area contributed by atoms with Crippen molar-refractivity contribution < 1.29 is 4.79 Å². The molecule has 7 heteroatoms. The zero-order valence-electron chi connectivity index (χ0n) is 20.0. The van der Waals surface area contributed by atoms with Crippen LogP contribution in [-0.2, 0) is 6.54 Å². The van der Waals surface area contributed by atoms with Crippen LogP contribution < -0.4 is 16.2 Å². The molecule has 0 bridgehead atoms. The lowest BCUT2D eigenvalue weighted by Gasteiger charge is -2.49. The van der Waals surface area contributed by atoms with E-state index in [1.54, 1.807) is 0 Å². The first kappa shape index (κ1) is 22.0. The van der Waals surface area contributed by atoms with E-state index in [4.69, 9.17) is 0 Å². The van der Waals surface area contributed by atoms with E-state index in [2.05, 4.69) is 80.3 Å². The lowest BCUT2D eigenvalue weighted by molar-refractivity contribution is 0.0575. The molecule has 6 rings (SSSR count). The van der Waals surface area contributed by atoms with E-state index < -0.39 is 0 Å². The zero-order valence-corrected chi connectivity index (χ0v) is 20.0. The summed E-state index contributed by atoms with van der Waals surface area (Å²) in [5.74, 6) is 1.04. The first-order valence-electron chi connectivity index (χ1n) is 12.9. The summed E-state index contributed by atoms with van der Waals surface area (Å²) in [6.07, 6.45) is 6.17. The van der Waals surface area contributed by atoms with Crippen LogP contribution in [0.5, 0.6) is 0 Å². The molecule has 3 aliphatic heterocycles. The van der Waals surface area contributed by atoms with E-state index in [0.717, 1.165) is 57.6 Å². The number of pyridine rings is 1. The summed E-state index contributed by atoms with van der Waals surface area (Å²) in [7, 11) is 0. The predicted molar refractivity (Wildman–Crippen MR) is 132 cm³/mol. The standard InChI is InChI=1S/C27H36N6O/c1-18-13-20(7-10-28-18)26-23-14-21-17-33(27(34)29-24(21)15-25(23)30-31-26)22-8-11-32(12-9-22)16-19-5-3-2-4-6-19/h2-7,10,13,21-26,30-31H,8-9,11-12,14-17H2,1H3,(H,29,34). The van der Waals surface area contributed by atoms with Gasteiger partial charge in [0.05, 0.1) is 6.04 Å². The number of aryl methyl sites for hydroxylation is 1. The van der Waals surface area contributed by atoms with Crippen molar-refractivity contribution in [3.63, 3.8) is 0 Å². The van der Waals surface area contributed by atoms with E-state index in [9.17, 15) is 4.79 Å². The molecule has 4 fully saturated rings. The minimum atomic E-state index is 0.147. The number of rotatable bonds is 4. The number of nitrogens with one attached hydrogen (secondary N) is 3. The van der Waals surface area contributed by atoms with Crippen molar-refractivity contribution >= 4 is 6.03 Å². The molecule has 1 aromatic heterocycles. The Hall–Kier alpha value is -2.48. The van der Waals surface area contributed by atoms with Gasteiger partial charge in [-0.05, 0) is 67.7 Å². The van der Waals surface area contributed by atoms with Gasteiger partial charge in [-0.25, -0.2) is 10.2 Å². The predicted octanol–water partition coefficient (Wildman–Crippen LogP) is 2.99. The number of urea groups is 1. The lowest BCUT2D eigenvalue weighted by atomic mass is 9.71. The molecule has 5 atom stereocenters. The fourth-order valence-corrected chi connectivity index (χ4v) is 6.75. The number of nitrogens with zero attached hydrogens (tertiary/aromatic N) is 3. The Morgan fingerprint density at radius 2 is 1.85 bits per heavy atom. The normalized spacial score (nSPS) is 32.2. The molecule has 0 spiro atoms. The van der Waals surface area contributed by atoms with E-state index in [0.29, 0.717) is 30.0 Å². The van der Waals surface area contributed by atoms with E-state index in [1.165, 1.54) is 11.1 Å². The quantitative estimate of drug-likeness (QED) is 0.654. The molecule has 180 valence electrons. The highest BCUT2D eigenvalue weighted by Gasteiger charge is 2.48. The van der Waals surface area contributed by atoms with Crippen molar-refractivity contribution in [2.75, 3.05) is 19.6 Å². The number of fused-ring (bicyclic) bond motifs is 2. The number of hydrazine groups is 1. The first-order chi connectivity index (χ1) is 16.6. The highest BCUT2D eigenvalue weighted by Crippen LogP contribution is 2.42. The Morgan fingerprint density at radius 1 is 1.03 bits per heavy atom. The van der Waals surface area contributed by atoms with Gasteiger partial charge in [-0.2, -0.15) is 0 Å². The second kappa shape index (κ2) is 9.29. The van der Waals surface area contributed by atoms with E-state index in [1.807, 2.05) is 6.20 Å². The highest BCUT2D eigenvalue weighted by atomic mass is 16.2. The maximum atomic E-state index is 13.1. The molecule has 0 radical (unpaired) electrons. The van der Waals surface area contributed by atoms with Gasteiger partial charge in [-0.1, -0.05) is 30.3 Å². The number of likely N-dealkylation sites (tertiary alicyclic amines) is 1. The molecule has 1 saturated carbocycles. The number of benzene rings is 1. The molecular weight excluding hydrogens is 424 g/mol. The molecule has 1 aromatic carbocycles. The van der Waals surface area contributed by atoms with Crippen LogP contribution in [0.3, 0.4) is 0 Å². The molecule has 2 aromatic rings. The fourth-order valence-electron chi connectivity index (χ4n) is 6.75. The maximum Gasteiger partial charge on any atom is 0.317 e. The summed E-state index contributed by atoms with van der Waals surface area (Å²) in [5.41, 5.74) is 10.8. The smallest absolute Gasteiger partial charge is 0.317 e. The van der Waals surface area contributed by atoms with Gasteiger partial charge < -0.3 is 10.2 Å². The zero-order chi connectivity index (χ0) is 23.1. The average molecular weight is 461 g/mol. The number of carbonyl (C=O) groups excluding carboxylic acids is 1. The second-order valence-electron chi connectivity index (χ2n) is 10.7. The number of carbonyl (C=O) groups is 1. The summed E-state index contributed by atoms with van der Waals surface area (Å²) in [5, 5.41) is 3.39. The second-order valence-corrected chi connectivity index (χ2v) is 10.7. The SMILES string of the molecule is Cc1cc(C2NNC3CC4NC(=O)N(C5CCN(Cc6ccccc6)CC5)CC4CC32)ccn1. The van der Waals surface area contributed by atoms with Crippen LogP contribution in [0.4, 0.5) is 4.79 Å². The summed E-state index contributed by atoms with van der Waals surface area (Å²) in [6, 6.07) is 16.5. The first-order valence-corrected chi connectivity index (χ1v) is 12.9. The number of amides is 2. The van der Waals surface area contributed by atoms with Gasteiger partial charge in [-0.15, -0.1) is 0 Å². The molecule has 3 saturated heterocycles. The summed E-state index contributed by atoms with van der Waals surface area (Å²) >= 11 is 0. The Kier molecular flexibility index (Phi) is 6.01. The third-order valence-corrected chi connectivity index (χ3v) is 8.55. The Morgan fingerprint density at radius 3 is 2.65 bits per heavy atom. The van der Waals surface area contributed by atoms with Gasteiger partial charge in [0.25, 0.3) is 0 Å². The van der Waals surface area contributed by atoms with Crippen molar-refractivity contribution in [2.45, 2.75) is 63.3 Å². The van der Waals surface area contributed by atoms with Gasteiger partial charge >= 0.3 is 6.03 Å². The van der Waals surface area contributed by atoms with Crippen LogP contribution in [0.25, 0.3) is 0 Å². The Bertz CT molecular complexity index is 1010. The van der Waals surface area contributed by atoms with Gasteiger partial charge in [0.2, 0.25) is 0 Å². The summed E-state index contributed by atoms with van der Waals surface area (Å²) in [4.78, 5) is 22.2. The number of hydrogen-bond donors (Lipinski definition) is 3. The maximum absolute atomic E-state index is 13.1. The van der Waals surface area contributed by atoms with Gasteiger partial charge in [0, 0.05) is 56.2 Å². The Labute approximate surface area is 202 Å². The molecule has 2 amide bonds. The molecule has 3 N–H and O–H groups in total. The van der Waals surface area contributed by atoms with Crippen LogP contribution in [0.2, 0.25) is 0 Å².